The molecule has 3 N–H and O–H groups in total. The van der Waals surface area contributed by atoms with Crippen molar-refractivity contribution in [2.75, 3.05) is 52.5 Å². The first kappa shape index (κ1) is 45.5. The van der Waals surface area contributed by atoms with Crippen molar-refractivity contribution in [3.63, 3.8) is 0 Å². The van der Waals surface area contributed by atoms with Gasteiger partial charge in [-0.2, -0.15) is 14.5 Å². The van der Waals surface area contributed by atoms with E-state index in [1.54, 1.807) is 26.2 Å². The summed E-state index contributed by atoms with van der Waals surface area (Å²) in [5.41, 5.74) is 2.92. The van der Waals surface area contributed by atoms with Gasteiger partial charge in [-0.1, -0.05) is 26.7 Å². The number of aromatic nitrogens is 8. The Labute approximate surface area is 365 Å². The molecule has 5 heterocycles. The smallest absolute Gasteiger partial charge is 0.277 e. The predicted octanol–water partition coefficient (Wildman–Crippen LogP) is 3.73. The van der Waals surface area contributed by atoms with Crippen molar-refractivity contribution in [2.45, 2.75) is 76.0 Å². The molecule has 0 spiro atoms. The standard InChI is InChI=1S/C42H55N11O8S2/c1-7-13-31-35-37(50(5)48-31)41(54)46-39(44-35)29-25-27(15-17-33(29)60-9-3)62(56,57)43-19-11-12-20-52-21-23-53(24-22-52)63(58,59)28-16-18-34(61-10-4)30(26-28)40-45-36-32(14-8-2)49-51(6)38(36)42(55)47-40/h15-18,25-26,43H,7-14,19-24H2,1-6H3,(H,44,46,54)(H,45,47,55). The second-order valence-electron chi connectivity index (χ2n) is 15.4. The lowest BCUT2D eigenvalue weighted by molar-refractivity contribution is 0.186. The Balaban J connectivity index is 0.972. The third kappa shape index (κ3) is 9.42. The normalized spacial score (nSPS) is 14.3. The van der Waals surface area contributed by atoms with Gasteiger partial charge in [-0.3, -0.25) is 19.0 Å². The van der Waals surface area contributed by atoms with Gasteiger partial charge in [0, 0.05) is 46.8 Å². The third-order valence-electron chi connectivity index (χ3n) is 11.0. The monoisotopic (exact) mass is 905 g/mol. The summed E-state index contributed by atoms with van der Waals surface area (Å²) in [7, 11) is -4.49. The Morgan fingerprint density at radius 2 is 1.17 bits per heavy atom. The van der Waals surface area contributed by atoms with E-state index in [1.165, 1.54) is 37.9 Å². The fraction of sp³-hybridized carbons (Fsp3) is 0.476. The number of nitrogens with one attached hydrogen (secondary N) is 3. The number of H-pyrrole nitrogens is 2. The zero-order chi connectivity index (χ0) is 45.1. The Morgan fingerprint density at radius 3 is 1.67 bits per heavy atom. The SMILES string of the molecule is CCCc1nn(C)c2c(=O)[nH]c(-c3cc(S(=O)(=O)NCCCCN4CCN(S(=O)(=O)c5ccc(OCC)c(-c6nc7c(CCC)nn(C)c7c(=O)[nH]6)c5)CC4)ccc3OCC)nc12. The van der Waals surface area contributed by atoms with Gasteiger partial charge in [0.1, 0.15) is 34.2 Å². The van der Waals surface area contributed by atoms with Gasteiger partial charge in [-0.25, -0.2) is 31.5 Å². The van der Waals surface area contributed by atoms with E-state index < -0.39 is 20.0 Å². The van der Waals surface area contributed by atoms with Crippen LogP contribution < -0.4 is 25.3 Å². The van der Waals surface area contributed by atoms with Crippen LogP contribution in [0.1, 0.15) is 64.8 Å². The number of aromatic amines is 2. The van der Waals surface area contributed by atoms with Gasteiger partial charge in [-0.15, -0.1) is 0 Å². The maximum Gasteiger partial charge on any atom is 0.277 e. The third-order valence-corrected chi connectivity index (χ3v) is 14.3. The molecule has 0 bridgehead atoms. The quantitative estimate of drug-likeness (QED) is 0.0986. The van der Waals surface area contributed by atoms with Crippen LogP contribution in [0.15, 0.2) is 55.8 Å². The Morgan fingerprint density at radius 1 is 0.683 bits per heavy atom. The van der Waals surface area contributed by atoms with Crippen molar-refractivity contribution in [2.24, 2.45) is 14.1 Å². The Bertz CT molecular complexity index is 2970. The minimum atomic E-state index is -3.95. The van der Waals surface area contributed by atoms with Gasteiger partial charge < -0.3 is 24.3 Å². The number of ether oxygens (including phenoxy) is 2. The number of piperazine rings is 1. The number of nitrogens with zero attached hydrogens (tertiary/aromatic N) is 8. The van der Waals surface area contributed by atoms with E-state index in [2.05, 4.69) is 29.8 Å². The largest absolute Gasteiger partial charge is 0.493 e. The van der Waals surface area contributed by atoms with Crippen molar-refractivity contribution >= 4 is 42.1 Å². The molecule has 0 saturated carbocycles. The summed E-state index contributed by atoms with van der Waals surface area (Å²) in [5, 5.41) is 8.97. The topological polar surface area (TPSA) is 232 Å². The van der Waals surface area contributed by atoms with E-state index in [0.29, 0.717) is 115 Å². The van der Waals surface area contributed by atoms with Crippen LogP contribution in [0.4, 0.5) is 0 Å². The molecule has 0 aliphatic carbocycles. The number of fused-ring (bicyclic) bond motifs is 2. The highest BCUT2D eigenvalue weighted by Crippen LogP contribution is 2.33. The van der Waals surface area contributed by atoms with E-state index >= 15 is 0 Å². The van der Waals surface area contributed by atoms with Crippen molar-refractivity contribution in [3.8, 4) is 34.3 Å². The average molecular weight is 906 g/mol. The summed E-state index contributed by atoms with van der Waals surface area (Å²) in [5.74, 6) is 1.16. The van der Waals surface area contributed by atoms with Gasteiger partial charge in [0.25, 0.3) is 11.1 Å². The number of unbranched alkanes of at least 4 members (excludes halogenated alkanes) is 1. The molecule has 0 atom stereocenters. The van der Waals surface area contributed by atoms with Gasteiger partial charge in [0.15, 0.2) is 11.0 Å². The van der Waals surface area contributed by atoms with Crippen molar-refractivity contribution < 1.29 is 26.3 Å². The van der Waals surface area contributed by atoms with Crippen LogP contribution in [0.25, 0.3) is 44.8 Å². The van der Waals surface area contributed by atoms with Crippen LogP contribution in [0.5, 0.6) is 11.5 Å². The van der Waals surface area contributed by atoms with Crippen LogP contribution in [-0.2, 0) is 47.0 Å². The van der Waals surface area contributed by atoms with Crippen LogP contribution in [0.3, 0.4) is 0 Å². The maximum absolute atomic E-state index is 14.0. The molecule has 1 fully saturated rings. The van der Waals surface area contributed by atoms with E-state index in [-0.39, 0.29) is 52.2 Å². The lowest BCUT2D eigenvalue weighted by Crippen LogP contribution is -2.48. The van der Waals surface area contributed by atoms with Crippen molar-refractivity contribution in [3.05, 3.63) is 68.5 Å². The van der Waals surface area contributed by atoms with Crippen LogP contribution >= 0.6 is 0 Å². The first-order valence-electron chi connectivity index (χ1n) is 21.4. The van der Waals surface area contributed by atoms with Crippen molar-refractivity contribution in [1.82, 2.24) is 53.4 Å². The molecule has 0 unspecified atom stereocenters. The fourth-order valence-corrected chi connectivity index (χ4v) is 10.5. The van der Waals surface area contributed by atoms with Gasteiger partial charge in [0.2, 0.25) is 20.0 Å². The number of sulfonamides is 2. The second kappa shape index (κ2) is 19.1. The molecule has 6 aromatic rings. The molecule has 21 heteroatoms. The summed E-state index contributed by atoms with van der Waals surface area (Å²) < 4.78 is 73.9. The molecular formula is C42H55N11O8S2. The van der Waals surface area contributed by atoms with E-state index in [9.17, 15) is 26.4 Å². The highest BCUT2D eigenvalue weighted by molar-refractivity contribution is 7.89. The molecule has 2 aromatic carbocycles. The average Bonchev–Trinajstić information content (AvgIpc) is 3.75. The molecule has 19 nitrogen and oxygen atoms in total. The van der Waals surface area contributed by atoms with E-state index in [4.69, 9.17) is 19.4 Å². The lowest BCUT2D eigenvalue weighted by atomic mass is 10.1. The highest BCUT2D eigenvalue weighted by Gasteiger charge is 2.30. The zero-order valence-electron chi connectivity index (χ0n) is 36.5. The molecule has 338 valence electrons. The summed E-state index contributed by atoms with van der Waals surface area (Å²) in [6.45, 7) is 10.7. The van der Waals surface area contributed by atoms with Crippen LogP contribution in [-0.4, -0.2) is 118 Å². The molecule has 0 amide bonds. The number of hydrogen-bond donors (Lipinski definition) is 3. The highest BCUT2D eigenvalue weighted by atomic mass is 32.2. The van der Waals surface area contributed by atoms with E-state index in [0.717, 1.165) is 12.8 Å². The summed E-state index contributed by atoms with van der Waals surface area (Å²) in [6, 6.07) is 9.09. The van der Waals surface area contributed by atoms with Gasteiger partial charge in [0.05, 0.1) is 45.5 Å². The number of aryl methyl sites for hydroxylation is 4. The Kier molecular flexibility index (Phi) is 13.8. The maximum atomic E-state index is 14.0. The summed E-state index contributed by atoms with van der Waals surface area (Å²) >= 11 is 0. The molecule has 63 heavy (non-hydrogen) atoms. The molecular weight excluding hydrogens is 851 g/mol. The van der Waals surface area contributed by atoms with E-state index in [1.807, 2.05) is 27.7 Å². The first-order valence-corrected chi connectivity index (χ1v) is 24.3. The minimum absolute atomic E-state index is 0.000809. The summed E-state index contributed by atoms with van der Waals surface area (Å²) in [4.78, 5) is 43.7. The number of hydrogen-bond acceptors (Lipinski definition) is 13. The fourth-order valence-electron chi connectivity index (χ4n) is 7.93. The van der Waals surface area contributed by atoms with Crippen LogP contribution in [0, 0.1) is 0 Å². The zero-order valence-corrected chi connectivity index (χ0v) is 38.2. The number of benzene rings is 2. The Hall–Kier alpha value is -5.48. The van der Waals surface area contributed by atoms with Gasteiger partial charge in [-0.05, 0) is 82.5 Å². The molecule has 1 aliphatic rings. The first-order chi connectivity index (χ1) is 30.2. The van der Waals surface area contributed by atoms with Crippen molar-refractivity contribution in [1.29, 1.82) is 0 Å². The molecule has 4 aromatic heterocycles. The minimum Gasteiger partial charge on any atom is -0.493 e. The predicted molar refractivity (Wildman–Crippen MR) is 239 cm³/mol. The lowest BCUT2D eigenvalue weighted by Gasteiger charge is -2.34. The summed E-state index contributed by atoms with van der Waals surface area (Å²) in [6.07, 6.45) is 4.10. The number of rotatable bonds is 19. The molecule has 1 saturated heterocycles. The van der Waals surface area contributed by atoms with Gasteiger partial charge >= 0.3 is 0 Å². The van der Waals surface area contributed by atoms with Crippen LogP contribution in [0.2, 0.25) is 0 Å². The molecule has 1 aliphatic heterocycles. The second-order valence-corrected chi connectivity index (χ2v) is 19.1. The molecule has 7 rings (SSSR count). The molecule has 0 radical (unpaired) electrons.